The van der Waals surface area contributed by atoms with Crippen molar-refractivity contribution in [1.82, 2.24) is 9.88 Å². The van der Waals surface area contributed by atoms with Gasteiger partial charge in [-0.05, 0) is 84.6 Å². The van der Waals surface area contributed by atoms with E-state index in [2.05, 4.69) is 71.7 Å². The molecule has 5 rings (SSSR count). The van der Waals surface area contributed by atoms with Gasteiger partial charge in [-0.3, -0.25) is 4.79 Å². The van der Waals surface area contributed by atoms with Crippen LogP contribution < -0.4 is 15.0 Å². The molecule has 1 fully saturated rings. The normalized spacial score (nSPS) is 18.2. The number of Topliss-reactive ketones (excluding diaryl/α,β-unsaturated/α-hetero) is 1. The molecule has 2 heterocycles. The van der Waals surface area contributed by atoms with Gasteiger partial charge in [0.2, 0.25) is 0 Å². The molecule has 0 saturated carbocycles. The third kappa shape index (κ3) is 6.25. The first kappa shape index (κ1) is 29.1. The molecular weight excluding hydrogens is 520 g/mol. The molecule has 1 aromatic heterocycles. The van der Waals surface area contributed by atoms with Crippen molar-refractivity contribution in [2.75, 3.05) is 57.6 Å². The van der Waals surface area contributed by atoms with Crippen LogP contribution in [-0.2, 0) is 11.2 Å². The Balaban J connectivity index is 1.39. The highest BCUT2D eigenvalue weighted by molar-refractivity contribution is 6.27. The van der Waals surface area contributed by atoms with Gasteiger partial charge in [-0.1, -0.05) is 37.8 Å². The predicted octanol–water partition coefficient (Wildman–Crippen LogP) is 6.46. The summed E-state index contributed by atoms with van der Waals surface area (Å²) in [6.07, 6.45) is 9.56. The van der Waals surface area contributed by atoms with Gasteiger partial charge in [-0.25, -0.2) is 4.98 Å². The van der Waals surface area contributed by atoms with Crippen molar-refractivity contribution in [3.8, 4) is 5.75 Å². The zero-order chi connectivity index (χ0) is 29.6. The Morgan fingerprint density at radius 2 is 1.90 bits per heavy atom. The molecule has 2 aromatic carbocycles. The number of ether oxygens (including phenoxy) is 1. The number of carbonyl (C=O) groups is 1. The van der Waals surface area contributed by atoms with Crippen molar-refractivity contribution >= 4 is 40.6 Å². The van der Waals surface area contributed by atoms with Crippen LogP contribution in [0.4, 0.5) is 11.5 Å². The van der Waals surface area contributed by atoms with Crippen molar-refractivity contribution in [3.63, 3.8) is 0 Å². The summed E-state index contributed by atoms with van der Waals surface area (Å²) in [5.74, 6) is 1.95. The molecule has 1 aliphatic heterocycles. The van der Waals surface area contributed by atoms with E-state index in [9.17, 15) is 4.79 Å². The molecular formula is C36H40N4O2. The lowest BCUT2D eigenvalue weighted by atomic mass is 9.77. The van der Waals surface area contributed by atoms with Crippen LogP contribution in [0, 0.1) is 5.92 Å². The van der Waals surface area contributed by atoms with E-state index in [0.29, 0.717) is 0 Å². The number of hydrogen-bond acceptors (Lipinski definition) is 6. The Bertz CT molecular complexity index is 1560. The van der Waals surface area contributed by atoms with Crippen molar-refractivity contribution < 1.29 is 9.53 Å². The summed E-state index contributed by atoms with van der Waals surface area (Å²) in [5.41, 5.74) is 10.7. The average Bonchev–Trinajstić information content (AvgIpc) is 3.03. The van der Waals surface area contributed by atoms with E-state index in [1.807, 2.05) is 49.7 Å². The number of carbonyl (C=O) groups excluding carboxylic acids is 1. The fourth-order valence-corrected chi connectivity index (χ4v) is 5.70. The maximum atomic E-state index is 13.5. The molecule has 2 aliphatic rings. The first-order valence-corrected chi connectivity index (χ1v) is 14.7. The van der Waals surface area contributed by atoms with Crippen LogP contribution in [0.25, 0.3) is 23.3 Å². The second kappa shape index (κ2) is 13.1. The highest BCUT2D eigenvalue weighted by Crippen LogP contribution is 2.37. The van der Waals surface area contributed by atoms with Gasteiger partial charge >= 0.3 is 0 Å². The first-order chi connectivity index (χ1) is 20.4. The Kier molecular flexibility index (Phi) is 9.06. The summed E-state index contributed by atoms with van der Waals surface area (Å²) in [7, 11) is 5.71. The number of ketones is 1. The van der Waals surface area contributed by atoms with Crippen molar-refractivity contribution in [2.24, 2.45) is 5.92 Å². The average molecular weight is 561 g/mol. The topological polar surface area (TPSA) is 57.7 Å². The predicted molar refractivity (Wildman–Crippen MR) is 175 cm³/mol. The van der Waals surface area contributed by atoms with Crippen molar-refractivity contribution in [1.29, 1.82) is 0 Å². The van der Waals surface area contributed by atoms with Gasteiger partial charge in [-0.15, -0.1) is 5.73 Å². The van der Waals surface area contributed by atoms with Crippen LogP contribution >= 0.6 is 0 Å². The maximum absolute atomic E-state index is 13.5. The van der Waals surface area contributed by atoms with Crippen LogP contribution in [0.1, 0.15) is 41.2 Å². The monoisotopic (exact) mass is 560 g/mol. The Labute approximate surface area is 249 Å². The Morgan fingerprint density at radius 1 is 1.12 bits per heavy atom. The van der Waals surface area contributed by atoms with Gasteiger partial charge in [0.15, 0.2) is 5.78 Å². The molecule has 0 radical (unpaired) electrons. The van der Waals surface area contributed by atoms with Crippen LogP contribution in [0.15, 0.2) is 73.1 Å². The smallest absolute Gasteiger partial charge is 0.166 e. The lowest BCUT2D eigenvalue weighted by molar-refractivity contribution is -0.117. The second-order valence-electron chi connectivity index (χ2n) is 11.0. The zero-order valence-electron chi connectivity index (χ0n) is 25.1. The number of methoxy groups -OCH3 is 1. The number of aromatic nitrogens is 1. The molecule has 3 aromatic rings. The first-order valence-electron chi connectivity index (χ1n) is 14.7. The third-order valence-corrected chi connectivity index (χ3v) is 8.35. The lowest BCUT2D eigenvalue weighted by Crippen LogP contribution is -2.44. The van der Waals surface area contributed by atoms with E-state index in [-0.39, 0.29) is 11.7 Å². The largest absolute Gasteiger partial charge is 0.497 e. The van der Waals surface area contributed by atoms with Gasteiger partial charge in [-0.2, -0.15) is 0 Å². The molecule has 1 N–H and O–H groups in total. The van der Waals surface area contributed by atoms with Crippen LogP contribution in [0.3, 0.4) is 0 Å². The zero-order valence-corrected chi connectivity index (χ0v) is 25.1. The molecule has 0 bridgehead atoms. The van der Waals surface area contributed by atoms with Crippen LogP contribution in [0.5, 0.6) is 5.75 Å². The van der Waals surface area contributed by atoms with Crippen molar-refractivity contribution in [2.45, 2.75) is 19.8 Å². The number of anilines is 2. The molecule has 6 heteroatoms. The number of nitrogens with one attached hydrogen (secondary N) is 1. The van der Waals surface area contributed by atoms with Gasteiger partial charge in [0, 0.05) is 67.7 Å². The van der Waals surface area contributed by atoms with E-state index >= 15 is 0 Å². The fourth-order valence-electron chi connectivity index (χ4n) is 5.70. The summed E-state index contributed by atoms with van der Waals surface area (Å²) in [4.78, 5) is 22.9. The Morgan fingerprint density at radius 3 is 2.57 bits per heavy atom. The lowest BCUT2D eigenvalue weighted by Gasteiger charge is -2.33. The van der Waals surface area contributed by atoms with E-state index in [0.717, 1.165) is 89.7 Å². The number of likely N-dealkylation sites (N-methyl/N-ethyl adjacent to an activating group) is 1. The molecule has 1 aliphatic carbocycles. The van der Waals surface area contributed by atoms with E-state index in [1.165, 1.54) is 5.56 Å². The third-order valence-electron chi connectivity index (χ3n) is 8.35. The molecule has 1 saturated heterocycles. The number of hydrogen-bond donors (Lipinski definition) is 1. The number of rotatable bonds is 8. The van der Waals surface area contributed by atoms with Crippen LogP contribution in [-0.4, -0.2) is 63.1 Å². The molecule has 0 amide bonds. The summed E-state index contributed by atoms with van der Waals surface area (Å²) >= 11 is 0. The summed E-state index contributed by atoms with van der Waals surface area (Å²) < 4.78 is 5.47. The van der Waals surface area contributed by atoms with E-state index in [4.69, 9.17) is 9.72 Å². The molecule has 1 atom stereocenters. The fraction of sp³-hybridized carbons (Fsp3) is 0.306. The minimum absolute atomic E-state index is 0.00857. The molecule has 216 valence electrons. The quantitative estimate of drug-likeness (QED) is 0.194. The maximum Gasteiger partial charge on any atom is 0.166 e. The summed E-state index contributed by atoms with van der Waals surface area (Å²) in [6.45, 7) is 10.1. The standard InChI is InChI=1S/C36H40N4O2/c1-6-27(11-8-25-10-15-35(38-24-25)40-18-16-39(4)17-19-40)31-14-9-26(21-34(31)37-3)20-33-32-23-30(42-5)13-12-29(32)22-28(7-2)36(33)41/h8-15,20-21,23-24,28,37H,1,7,16-19,22H2,2-5H3. The highest BCUT2D eigenvalue weighted by Gasteiger charge is 2.30. The van der Waals surface area contributed by atoms with E-state index in [1.54, 1.807) is 7.11 Å². The summed E-state index contributed by atoms with van der Waals surface area (Å²) in [5, 5.41) is 3.32. The number of benzene rings is 2. The minimum Gasteiger partial charge on any atom is -0.497 e. The number of piperazine rings is 1. The van der Waals surface area contributed by atoms with Gasteiger partial charge in [0.25, 0.3) is 0 Å². The van der Waals surface area contributed by atoms with Gasteiger partial charge in [0.05, 0.1) is 7.11 Å². The van der Waals surface area contributed by atoms with Crippen LogP contribution in [0.2, 0.25) is 0 Å². The molecule has 42 heavy (non-hydrogen) atoms. The molecule has 1 unspecified atom stereocenters. The minimum atomic E-state index is -0.00857. The number of fused-ring (bicyclic) bond motifs is 1. The number of pyridine rings is 1. The molecule has 0 spiro atoms. The van der Waals surface area contributed by atoms with Gasteiger partial charge < -0.3 is 19.9 Å². The van der Waals surface area contributed by atoms with Crippen molar-refractivity contribution in [3.05, 3.63) is 101 Å². The summed E-state index contributed by atoms with van der Waals surface area (Å²) in [6, 6.07) is 16.4. The van der Waals surface area contributed by atoms with Gasteiger partial charge in [0.1, 0.15) is 11.6 Å². The SMILES string of the molecule is C=C=C(C=Cc1ccc(N2CCN(C)CC2)nc1)c1ccc(C=C2C(=O)C(CC)Cc3ccc(OC)cc32)cc1NC. The number of nitrogens with zero attached hydrogens (tertiary/aromatic N) is 3. The van der Waals surface area contributed by atoms with E-state index < -0.39 is 0 Å². The number of allylic oxidation sites excluding steroid dienone is 3. The highest BCUT2D eigenvalue weighted by atomic mass is 16.5. The Hall–Kier alpha value is -4.38. The second-order valence-corrected chi connectivity index (χ2v) is 11.0. The molecule has 6 nitrogen and oxygen atoms in total.